The van der Waals surface area contributed by atoms with Gasteiger partial charge in [-0.1, -0.05) is 42.8 Å². The number of nitrogens with zero attached hydrogens (tertiary/aromatic N) is 1. The largest absolute Gasteiger partial charge is 0.343 e. The molecule has 2 aromatic rings. The van der Waals surface area contributed by atoms with Crippen molar-refractivity contribution in [2.75, 3.05) is 6.54 Å². The van der Waals surface area contributed by atoms with E-state index in [2.05, 4.69) is 22.8 Å². The fourth-order valence-corrected chi connectivity index (χ4v) is 2.22. The molecule has 0 unspecified atom stereocenters. The molecule has 5 nitrogen and oxygen atoms in total. The molecule has 0 aromatic heterocycles. The summed E-state index contributed by atoms with van der Waals surface area (Å²) in [5.74, 6) is -0.741. The highest BCUT2D eigenvalue weighted by atomic mass is 35.5. The van der Waals surface area contributed by atoms with E-state index in [1.165, 1.54) is 5.56 Å². The summed E-state index contributed by atoms with van der Waals surface area (Å²) in [6, 6.07) is 14.4. The molecule has 0 fully saturated rings. The van der Waals surface area contributed by atoms with E-state index in [-0.39, 0.29) is 12.5 Å². The second-order valence-electron chi connectivity index (χ2n) is 5.47. The zero-order valence-electron chi connectivity index (χ0n) is 14.2. The maximum absolute atomic E-state index is 11.9. The van der Waals surface area contributed by atoms with E-state index in [1.54, 1.807) is 24.3 Å². The first-order valence-corrected chi connectivity index (χ1v) is 8.33. The Balaban J connectivity index is 1.84. The van der Waals surface area contributed by atoms with Crippen molar-refractivity contribution in [2.45, 2.75) is 20.3 Å². The number of nitrogens with one attached hydrogen (secondary N) is 2. The van der Waals surface area contributed by atoms with Crippen LogP contribution >= 0.6 is 11.6 Å². The molecule has 2 amide bonds. The van der Waals surface area contributed by atoms with Crippen LogP contribution in [-0.2, 0) is 11.2 Å². The van der Waals surface area contributed by atoms with Gasteiger partial charge in [0, 0.05) is 10.6 Å². The number of rotatable bonds is 6. The van der Waals surface area contributed by atoms with Gasteiger partial charge in [-0.25, -0.2) is 5.43 Å². The average Bonchev–Trinajstić information content (AvgIpc) is 2.64. The molecule has 25 heavy (non-hydrogen) atoms. The van der Waals surface area contributed by atoms with E-state index in [1.807, 2.05) is 31.2 Å². The van der Waals surface area contributed by atoms with Crippen LogP contribution in [0.4, 0.5) is 0 Å². The third kappa shape index (κ3) is 5.72. The minimum atomic E-state index is -0.396. The first-order chi connectivity index (χ1) is 12.0. The zero-order chi connectivity index (χ0) is 18.2. The Morgan fingerprint density at radius 2 is 1.60 bits per heavy atom. The van der Waals surface area contributed by atoms with Crippen molar-refractivity contribution >= 4 is 29.1 Å². The quantitative estimate of drug-likeness (QED) is 0.615. The first kappa shape index (κ1) is 18.7. The Labute approximate surface area is 152 Å². The van der Waals surface area contributed by atoms with Crippen molar-refractivity contribution in [3.8, 4) is 0 Å². The van der Waals surface area contributed by atoms with Crippen LogP contribution in [0.2, 0.25) is 5.02 Å². The summed E-state index contributed by atoms with van der Waals surface area (Å²) in [5, 5.41) is 7.14. The Kier molecular flexibility index (Phi) is 6.71. The average molecular weight is 358 g/mol. The first-order valence-electron chi connectivity index (χ1n) is 7.95. The lowest BCUT2D eigenvalue weighted by atomic mass is 10.1. The van der Waals surface area contributed by atoms with Gasteiger partial charge in [-0.3, -0.25) is 9.59 Å². The van der Waals surface area contributed by atoms with Crippen LogP contribution in [-0.4, -0.2) is 24.1 Å². The van der Waals surface area contributed by atoms with Gasteiger partial charge >= 0.3 is 0 Å². The van der Waals surface area contributed by atoms with Crippen LogP contribution < -0.4 is 10.7 Å². The van der Waals surface area contributed by atoms with Gasteiger partial charge < -0.3 is 5.32 Å². The van der Waals surface area contributed by atoms with Crippen LogP contribution in [0.15, 0.2) is 53.6 Å². The Morgan fingerprint density at radius 3 is 2.20 bits per heavy atom. The molecular weight excluding hydrogens is 338 g/mol. The fraction of sp³-hybridized carbons (Fsp3) is 0.211. The summed E-state index contributed by atoms with van der Waals surface area (Å²) >= 11 is 5.77. The molecule has 0 aliphatic heterocycles. The van der Waals surface area contributed by atoms with Crippen molar-refractivity contribution < 1.29 is 9.59 Å². The van der Waals surface area contributed by atoms with Gasteiger partial charge in [-0.05, 0) is 48.7 Å². The van der Waals surface area contributed by atoms with Gasteiger partial charge in [0.1, 0.15) is 0 Å². The number of aryl methyl sites for hydroxylation is 1. The number of hydrazone groups is 1. The zero-order valence-corrected chi connectivity index (χ0v) is 14.9. The van der Waals surface area contributed by atoms with Crippen molar-refractivity contribution in [2.24, 2.45) is 5.10 Å². The number of benzene rings is 2. The number of hydrogen-bond acceptors (Lipinski definition) is 3. The van der Waals surface area contributed by atoms with Crippen LogP contribution in [0.1, 0.15) is 35.3 Å². The van der Waals surface area contributed by atoms with Gasteiger partial charge in [0.2, 0.25) is 0 Å². The molecular formula is C19H20ClN3O2. The highest BCUT2D eigenvalue weighted by molar-refractivity contribution is 6.30. The SMILES string of the molecule is CCc1ccc(C(C)=NNC(=O)CNC(=O)c2ccc(Cl)cc2)cc1. The lowest BCUT2D eigenvalue weighted by Gasteiger charge is -2.06. The molecule has 0 spiro atoms. The molecule has 0 aliphatic rings. The van der Waals surface area contributed by atoms with E-state index >= 15 is 0 Å². The molecule has 2 aromatic carbocycles. The number of carbonyl (C=O) groups excluding carboxylic acids is 2. The van der Waals surface area contributed by atoms with Gasteiger partial charge in [0.15, 0.2) is 0 Å². The summed E-state index contributed by atoms with van der Waals surface area (Å²) < 4.78 is 0. The molecule has 2 N–H and O–H groups in total. The summed E-state index contributed by atoms with van der Waals surface area (Å²) in [5.41, 5.74) is 5.75. The lowest BCUT2D eigenvalue weighted by Crippen LogP contribution is -2.35. The third-order valence-corrected chi connectivity index (χ3v) is 3.90. The smallest absolute Gasteiger partial charge is 0.259 e. The second kappa shape index (κ2) is 8.99. The lowest BCUT2D eigenvalue weighted by molar-refractivity contribution is -0.120. The van der Waals surface area contributed by atoms with Crippen LogP contribution in [0.3, 0.4) is 0 Å². The van der Waals surface area contributed by atoms with E-state index in [9.17, 15) is 9.59 Å². The van der Waals surface area contributed by atoms with Gasteiger partial charge in [-0.2, -0.15) is 5.10 Å². The molecule has 2 rings (SSSR count). The molecule has 0 saturated heterocycles. The Bertz CT molecular complexity index is 768. The molecule has 0 aliphatic carbocycles. The number of carbonyl (C=O) groups is 2. The van der Waals surface area contributed by atoms with Crippen LogP contribution in [0, 0.1) is 0 Å². The standard InChI is InChI=1S/C19H20ClN3O2/c1-3-14-4-6-15(7-5-14)13(2)22-23-18(24)12-21-19(25)16-8-10-17(20)11-9-16/h4-11H,3,12H2,1-2H3,(H,21,25)(H,23,24). The minimum absolute atomic E-state index is 0.160. The fourth-order valence-electron chi connectivity index (χ4n) is 2.10. The van der Waals surface area contributed by atoms with Gasteiger partial charge in [-0.15, -0.1) is 0 Å². The monoisotopic (exact) mass is 357 g/mol. The number of hydrogen-bond donors (Lipinski definition) is 2. The third-order valence-electron chi connectivity index (χ3n) is 3.64. The van der Waals surface area contributed by atoms with E-state index in [0.29, 0.717) is 16.3 Å². The maximum atomic E-state index is 11.9. The summed E-state index contributed by atoms with van der Waals surface area (Å²) in [6.07, 6.45) is 0.973. The molecule has 0 atom stereocenters. The predicted molar refractivity (Wildman–Crippen MR) is 100.0 cm³/mol. The molecule has 0 bridgehead atoms. The summed E-state index contributed by atoms with van der Waals surface area (Å²) in [4.78, 5) is 23.7. The summed E-state index contributed by atoms with van der Waals surface area (Å²) in [7, 11) is 0. The number of amides is 2. The summed E-state index contributed by atoms with van der Waals surface area (Å²) in [6.45, 7) is 3.75. The van der Waals surface area contributed by atoms with Crippen molar-refractivity contribution in [3.63, 3.8) is 0 Å². The van der Waals surface area contributed by atoms with Crippen molar-refractivity contribution in [1.82, 2.24) is 10.7 Å². The van der Waals surface area contributed by atoms with E-state index in [4.69, 9.17) is 11.6 Å². The molecule has 130 valence electrons. The maximum Gasteiger partial charge on any atom is 0.259 e. The van der Waals surface area contributed by atoms with Crippen LogP contribution in [0.5, 0.6) is 0 Å². The van der Waals surface area contributed by atoms with Crippen molar-refractivity contribution in [1.29, 1.82) is 0 Å². The Morgan fingerprint density at radius 1 is 1.00 bits per heavy atom. The second-order valence-corrected chi connectivity index (χ2v) is 5.91. The topological polar surface area (TPSA) is 70.6 Å². The van der Waals surface area contributed by atoms with Gasteiger partial charge in [0.05, 0.1) is 12.3 Å². The highest BCUT2D eigenvalue weighted by Gasteiger charge is 2.07. The number of halogens is 1. The predicted octanol–water partition coefficient (Wildman–Crippen LogP) is 3.17. The molecule has 0 heterocycles. The van der Waals surface area contributed by atoms with Gasteiger partial charge in [0.25, 0.3) is 11.8 Å². The van der Waals surface area contributed by atoms with Crippen LogP contribution in [0.25, 0.3) is 0 Å². The van der Waals surface area contributed by atoms with E-state index < -0.39 is 5.91 Å². The minimum Gasteiger partial charge on any atom is -0.343 e. The molecule has 0 radical (unpaired) electrons. The van der Waals surface area contributed by atoms with Crippen molar-refractivity contribution in [3.05, 3.63) is 70.2 Å². The normalized spacial score (nSPS) is 11.1. The Hall–Kier alpha value is -2.66. The highest BCUT2D eigenvalue weighted by Crippen LogP contribution is 2.09. The molecule has 0 saturated carbocycles. The van der Waals surface area contributed by atoms with E-state index in [0.717, 1.165) is 12.0 Å². The molecule has 6 heteroatoms.